The van der Waals surface area contributed by atoms with E-state index in [2.05, 4.69) is 26.8 Å². The van der Waals surface area contributed by atoms with Crippen LogP contribution < -0.4 is 16.0 Å². The zero-order valence-electron chi connectivity index (χ0n) is 6.41. The Labute approximate surface area is 68.7 Å². The average molecular weight is 160 g/mol. The summed E-state index contributed by atoms with van der Waals surface area (Å²) in [6, 6.07) is 0.370. The number of hydrogen-bond donors (Lipinski definition) is 2. The van der Waals surface area contributed by atoms with Crippen LogP contribution >= 0.6 is 0 Å². The van der Waals surface area contributed by atoms with Crippen molar-refractivity contribution in [1.29, 1.82) is 0 Å². The monoisotopic (exact) mass is 160 g/mol. The second-order valence-corrected chi connectivity index (χ2v) is 3.03. The topological polar surface area (TPSA) is 53.1 Å². The molecule has 0 radical (unpaired) electrons. The van der Waals surface area contributed by atoms with Gasteiger partial charge in [-0.15, -0.1) is 0 Å². The Morgan fingerprint density at radius 2 is 2.50 bits per heavy atom. The highest BCUT2D eigenvalue weighted by Gasteiger charge is 2.19. The molecule has 2 N–H and O–H groups in total. The zero-order valence-corrected chi connectivity index (χ0v) is 6.41. The third-order valence-electron chi connectivity index (χ3n) is 2.35. The Kier molecular flexibility index (Phi) is 0.983. The molecular weight excluding hydrogens is 152 g/mol. The molecular formula is C8H8N4. The van der Waals surface area contributed by atoms with Crippen LogP contribution in [0.5, 0.6) is 0 Å². The minimum Gasteiger partial charge on any atom is -0.302 e. The van der Waals surface area contributed by atoms with Crippen LogP contribution in [-0.4, -0.2) is 22.5 Å². The maximum atomic E-state index is 4.03. The van der Waals surface area contributed by atoms with Gasteiger partial charge in [-0.2, -0.15) is 10.2 Å². The minimum atomic E-state index is 0.370. The van der Waals surface area contributed by atoms with Gasteiger partial charge < -0.3 is 5.43 Å². The molecule has 0 spiro atoms. The molecule has 1 aliphatic heterocycles. The Morgan fingerprint density at radius 1 is 1.50 bits per heavy atom. The predicted molar refractivity (Wildman–Crippen MR) is 45.7 cm³/mol. The second-order valence-electron chi connectivity index (χ2n) is 3.03. The molecule has 12 heavy (non-hydrogen) atoms. The van der Waals surface area contributed by atoms with E-state index < -0.39 is 0 Å². The Morgan fingerprint density at radius 3 is 3.50 bits per heavy atom. The first-order chi connectivity index (χ1) is 5.95. The zero-order chi connectivity index (χ0) is 7.97. The molecule has 0 saturated heterocycles. The summed E-state index contributed by atoms with van der Waals surface area (Å²) in [6.45, 7) is 0. The maximum absolute atomic E-state index is 4.03. The van der Waals surface area contributed by atoms with Crippen LogP contribution in [0.1, 0.15) is 6.42 Å². The molecule has 0 amide bonds. The van der Waals surface area contributed by atoms with Crippen LogP contribution in [-0.2, 0) is 0 Å². The van der Waals surface area contributed by atoms with Crippen LogP contribution in [0.15, 0.2) is 11.3 Å². The summed E-state index contributed by atoms with van der Waals surface area (Å²) < 4.78 is 0. The average Bonchev–Trinajstić information content (AvgIpc) is 2.71. The number of nitrogens with zero attached hydrogens (tertiary/aromatic N) is 2. The summed E-state index contributed by atoms with van der Waals surface area (Å²) in [6.07, 6.45) is 6.88. The van der Waals surface area contributed by atoms with Crippen molar-refractivity contribution in [3.8, 4) is 0 Å². The number of H-pyrrole nitrogens is 1. The largest absolute Gasteiger partial charge is 0.302 e. The molecule has 4 heteroatoms. The van der Waals surface area contributed by atoms with E-state index in [0.717, 1.165) is 11.8 Å². The van der Waals surface area contributed by atoms with Crippen molar-refractivity contribution in [2.45, 2.75) is 12.5 Å². The van der Waals surface area contributed by atoms with Gasteiger partial charge in [-0.25, -0.2) is 0 Å². The van der Waals surface area contributed by atoms with E-state index in [1.165, 1.54) is 10.8 Å². The number of fused-ring (bicyclic) bond motifs is 2. The summed E-state index contributed by atoms with van der Waals surface area (Å²) in [5.74, 6) is 0. The van der Waals surface area contributed by atoms with Gasteiger partial charge in [-0.05, 0) is 6.42 Å². The number of aromatic nitrogens is 2. The van der Waals surface area contributed by atoms with Gasteiger partial charge in [0, 0.05) is 10.8 Å². The smallest absolute Gasteiger partial charge is 0.0747 e. The molecule has 1 unspecified atom stereocenters. The molecule has 60 valence electrons. The molecule has 1 aliphatic carbocycles. The second kappa shape index (κ2) is 1.97. The third-order valence-corrected chi connectivity index (χ3v) is 2.35. The summed E-state index contributed by atoms with van der Waals surface area (Å²) in [7, 11) is 0. The molecule has 1 aromatic heterocycles. The van der Waals surface area contributed by atoms with Crippen LogP contribution in [0.25, 0.3) is 11.6 Å². The maximum Gasteiger partial charge on any atom is 0.0747 e. The lowest BCUT2D eigenvalue weighted by atomic mass is 10.0. The number of rotatable bonds is 0. The minimum absolute atomic E-state index is 0.370. The highest BCUT2D eigenvalue weighted by molar-refractivity contribution is 6.06. The van der Waals surface area contributed by atoms with Crippen molar-refractivity contribution in [2.24, 2.45) is 5.10 Å². The molecule has 1 aromatic rings. The van der Waals surface area contributed by atoms with Crippen LogP contribution in [0.2, 0.25) is 0 Å². The Bertz CT molecular complexity index is 454. The van der Waals surface area contributed by atoms with Gasteiger partial charge >= 0.3 is 0 Å². The highest BCUT2D eigenvalue weighted by atomic mass is 15.3. The standard InChI is InChI=1S/C8H8N4/c1-2-8-6(4-10-12-8)5-3-9-11-7(1)5/h1,3-4,8,11-12H,2H2. The number of nitrogens with one attached hydrogen (secondary N) is 2. The predicted octanol–water partition coefficient (Wildman–Crippen LogP) is -1.30. The van der Waals surface area contributed by atoms with Gasteiger partial charge in [0.25, 0.3) is 0 Å². The van der Waals surface area contributed by atoms with Gasteiger partial charge in [0.15, 0.2) is 0 Å². The lowest BCUT2D eigenvalue weighted by molar-refractivity contribution is 0.678. The normalized spacial score (nSPS) is 24.3. The molecule has 1 atom stereocenters. The van der Waals surface area contributed by atoms with Gasteiger partial charge in [0.1, 0.15) is 0 Å². The van der Waals surface area contributed by atoms with Crippen molar-refractivity contribution in [1.82, 2.24) is 15.6 Å². The van der Waals surface area contributed by atoms with Crippen LogP contribution in [0.4, 0.5) is 0 Å². The molecule has 3 rings (SSSR count). The molecule has 4 nitrogen and oxygen atoms in total. The summed E-state index contributed by atoms with van der Waals surface area (Å²) in [5.41, 5.74) is 4.30. The fourth-order valence-corrected chi connectivity index (χ4v) is 1.71. The molecule has 0 saturated carbocycles. The van der Waals surface area contributed by atoms with Gasteiger partial charge in [0.2, 0.25) is 0 Å². The summed E-state index contributed by atoms with van der Waals surface area (Å²) >= 11 is 0. The molecule has 0 bridgehead atoms. The van der Waals surface area contributed by atoms with E-state index in [1.807, 2.05) is 12.4 Å². The van der Waals surface area contributed by atoms with E-state index in [9.17, 15) is 0 Å². The van der Waals surface area contributed by atoms with Gasteiger partial charge in [-0.1, -0.05) is 6.08 Å². The van der Waals surface area contributed by atoms with E-state index in [1.54, 1.807) is 0 Å². The fourth-order valence-electron chi connectivity index (χ4n) is 1.71. The van der Waals surface area contributed by atoms with Crippen molar-refractivity contribution in [2.75, 3.05) is 0 Å². The quantitative estimate of drug-likeness (QED) is 0.495. The van der Waals surface area contributed by atoms with E-state index in [0.29, 0.717) is 6.04 Å². The summed E-state index contributed by atoms with van der Waals surface area (Å²) in [5, 5.41) is 13.3. The summed E-state index contributed by atoms with van der Waals surface area (Å²) in [4.78, 5) is 0. The Hall–Kier alpha value is -1.58. The number of hydrogen-bond acceptors (Lipinski definition) is 3. The fraction of sp³-hybridized carbons (Fsp3) is 0.250. The van der Waals surface area contributed by atoms with E-state index >= 15 is 0 Å². The number of hydrazone groups is 1. The van der Waals surface area contributed by atoms with Crippen molar-refractivity contribution in [3.05, 3.63) is 16.8 Å². The Balaban J connectivity index is 2.46. The lowest BCUT2D eigenvalue weighted by Crippen LogP contribution is -2.36. The highest BCUT2D eigenvalue weighted by Crippen LogP contribution is 2.11. The van der Waals surface area contributed by atoms with Crippen molar-refractivity contribution >= 4 is 17.9 Å². The van der Waals surface area contributed by atoms with Gasteiger partial charge in [-0.3, -0.25) is 5.10 Å². The van der Waals surface area contributed by atoms with Crippen LogP contribution in [0, 0.1) is 0 Å². The first-order valence-electron chi connectivity index (χ1n) is 3.97. The number of aromatic amines is 1. The van der Waals surface area contributed by atoms with E-state index in [-0.39, 0.29) is 0 Å². The first kappa shape index (κ1) is 5.99. The van der Waals surface area contributed by atoms with Crippen molar-refractivity contribution in [3.63, 3.8) is 0 Å². The SMILES string of the molecule is C1=NNC2CC=c3[nH]ncc3=C12. The van der Waals surface area contributed by atoms with Crippen LogP contribution in [0.3, 0.4) is 0 Å². The molecule has 0 fully saturated rings. The molecule has 2 aliphatic rings. The van der Waals surface area contributed by atoms with Gasteiger partial charge in [0.05, 0.1) is 23.8 Å². The third kappa shape index (κ3) is 0.617. The van der Waals surface area contributed by atoms with Crippen molar-refractivity contribution < 1.29 is 0 Å². The molecule has 2 heterocycles. The lowest BCUT2D eigenvalue weighted by Gasteiger charge is -2.10. The first-order valence-corrected chi connectivity index (χ1v) is 3.97. The molecule has 0 aromatic carbocycles. The van der Waals surface area contributed by atoms with E-state index in [4.69, 9.17) is 0 Å².